The maximum absolute atomic E-state index is 16.8. The lowest BCUT2D eigenvalue weighted by Gasteiger charge is -2.23. The molecule has 0 bridgehead atoms. The summed E-state index contributed by atoms with van der Waals surface area (Å²) in [5.74, 6) is -11.4. The summed E-state index contributed by atoms with van der Waals surface area (Å²) in [6, 6.07) is 51.8. The van der Waals surface area contributed by atoms with Crippen LogP contribution >= 0.6 is 0 Å². The summed E-state index contributed by atoms with van der Waals surface area (Å²) < 4.78 is 130. The van der Waals surface area contributed by atoms with E-state index in [-0.39, 0.29) is 11.0 Å². The topological polar surface area (TPSA) is 35.6 Å². The number of aromatic nitrogens is 4. The van der Waals surface area contributed by atoms with Crippen molar-refractivity contribution in [1.29, 1.82) is 0 Å². The average Bonchev–Trinajstić information content (AvgIpc) is 3.92. The van der Waals surface area contributed by atoms with Crippen molar-refractivity contribution in [2.24, 2.45) is 0 Å². The summed E-state index contributed by atoms with van der Waals surface area (Å²) >= 11 is 0. The van der Waals surface area contributed by atoms with Gasteiger partial charge in [0.2, 0.25) is 5.82 Å². The summed E-state index contributed by atoms with van der Waals surface area (Å²) in [5, 5.41) is 2.12. The molecule has 12 aromatic rings. The first-order valence-electron chi connectivity index (χ1n) is 22.3. The molecule has 0 saturated heterocycles. The number of nitrogens with zero attached hydrogens (tertiary/aromatic N) is 4. The highest BCUT2D eigenvalue weighted by Crippen LogP contribution is 2.48. The zero-order valence-corrected chi connectivity index (χ0v) is 36.8. The van der Waals surface area contributed by atoms with Gasteiger partial charge in [-0.3, -0.25) is 9.97 Å². The quantitative estimate of drug-likeness (QED) is 0.0907. The second kappa shape index (κ2) is 16.7. The van der Waals surface area contributed by atoms with Gasteiger partial charge in [-0.15, -0.1) is 0 Å². The van der Waals surface area contributed by atoms with Crippen molar-refractivity contribution in [3.63, 3.8) is 0 Å². The molecule has 0 unspecified atom stereocenters. The highest BCUT2D eigenvalue weighted by Gasteiger charge is 2.37. The first-order chi connectivity index (χ1) is 34.5. The minimum Gasteiger partial charge on any atom is -0.309 e. The van der Waals surface area contributed by atoms with Crippen molar-refractivity contribution < 1.29 is 35.1 Å². The van der Waals surface area contributed by atoms with Crippen molar-refractivity contribution in [2.75, 3.05) is 0 Å². The zero-order valence-electron chi connectivity index (χ0n) is 36.8. The van der Waals surface area contributed by atoms with Gasteiger partial charge in [-0.05, 0) is 71.8 Å². The Morgan fingerprint density at radius 2 is 0.732 bits per heavy atom. The normalized spacial score (nSPS) is 11.9. The molecule has 0 amide bonds. The molecule has 0 N–H and O–H groups in total. The molecule has 12 rings (SSSR count). The van der Waals surface area contributed by atoms with Crippen LogP contribution in [0.5, 0.6) is 0 Å². The molecular formula is C59H32F8N4. The predicted molar refractivity (Wildman–Crippen MR) is 263 cm³/mol. The van der Waals surface area contributed by atoms with E-state index in [1.165, 1.54) is 9.13 Å². The van der Waals surface area contributed by atoms with Crippen molar-refractivity contribution in [2.45, 2.75) is 6.18 Å². The number of fused-ring (bicyclic) bond motifs is 6. The molecule has 0 radical (unpaired) electrons. The molecule has 0 aliphatic rings. The summed E-state index contributed by atoms with van der Waals surface area (Å²) in [4.78, 5) is 9.35. The molecule has 4 aromatic heterocycles. The molecule has 8 aromatic carbocycles. The second-order valence-electron chi connectivity index (χ2n) is 17.0. The van der Waals surface area contributed by atoms with Crippen LogP contribution in [0.3, 0.4) is 0 Å². The minimum absolute atomic E-state index is 0.285. The molecular weight excluding hydrogens is 917 g/mol. The number of hydrogen-bond donors (Lipinski definition) is 0. The van der Waals surface area contributed by atoms with Gasteiger partial charge < -0.3 is 9.13 Å². The van der Waals surface area contributed by atoms with E-state index >= 15 is 30.7 Å². The summed E-state index contributed by atoms with van der Waals surface area (Å²) in [6.45, 7) is 0. The molecule has 0 fully saturated rings. The van der Waals surface area contributed by atoms with Gasteiger partial charge in [0.15, 0.2) is 23.3 Å². The van der Waals surface area contributed by atoms with Crippen molar-refractivity contribution in [3.05, 3.63) is 229 Å². The van der Waals surface area contributed by atoms with Crippen molar-refractivity contribution in [3.8, 4) is 67.3 Å². The molecule has 4 nitrogen and oxygen atoms in total. The first kappa shape index (κ1) is 43.4. The lowest BCUT2D eigenvalue weighted by Crippen LogP contribution is -2.13. The van der Waals surface area contributed by atoms with Crippen LogP contribution in [0.1, 0.15) is 5.56 Å². The number of para-hydroxylation sites is 2. The van der Waals surface area contributed by atoms with Crippen LogP contribution in [0.15, 0.2) is 194 Å². The Labute approximate surface area is 399 Å². The molecule has 0 atom stereocenters. The Bertz CT molecular complexity index is 3850. The van der Waals surface area contributed by atoms with Crippen LogP contribution in [0, 0.1) is 29.1 Å². The van der Waals surface area contributed by atoms with E-state index in [0.717, 1.165) is 22.3 Å². The average molecular weight is 949 g/mol. The van der Waals surface area contributed by atoms with Gasteiger partial charge in [0.1, 0.15) is 0 Å². The van der Waals surface area contributed by atoms with E-state index in [1.54, 1.807) is 97.3 Å². The largest absolute Gasteiger partial charge is 0.416 e. The molecule has 71 heavy (non-hydrogen) atoms. The van der Waals surface area contributed by atoms with Crippen LogP contribution in [-0.2, 0) is 6.18 Å². The minimum atomic E-state index is -5.08. The van der Waals surface area contributed by atoms with Gasteiger partial charge in [-0.25, -0.2) is 22.0 Å². The first-order valence-corrected chi connectivity index (χ1v) is 22.3. The predicted octanol–water partition coefficient (Wildman–Crippen LogP) is 16.7. The number of rotatable bonds is 7. The SMILES string of the molecule is Fc1c(F)c(F)c(-c2c(-n3c4ccccc4c4cc(-c5cccnc5-c5ccccc5)ccc43)cc(C(F)(F)F)cc2-n2c3ccccc3c3cc(-c4cccnc4-c4ccccc4)ccc32)c(F)c1F. The molecule has 12 heteroatoms. The molecule has 4 heterocycles. The fraction of sp³-hybridized carbons (Fsp3) is 0.0169. The smallest absolute Gasteiger partial charge is 0.309 e. The van der Waals surface area contributed by atoms with Gasteiger partial charge in [-0.2, -0.15) is 13.2 Å². The number of benzene rings is 8. The second-order valence-corrected chi connectivity index (χ2v) is 17.0. The summed E-state index contributed by atoms with van der Waals surface area (Å²) in [5.41, 5.74) is 2.74. The van der Waals surface area contributed by atoms with Crippen LogP contribution in [0.4, 0.5) is 35.1 Å². The lowest BCUT2D eigenvalue weighted by molar-refractivity contribution is -0.137. The van der Waals surface area contributed by atoms with E-state index in [4.69, 9.17) is 0 Å². The Balaban J connectivity index is 1.20. The molecule has 0 aliphatic carbocycles. The number of halogens is 8. The Morgan fingerprint density at radius 1 is 0.338 bits per heavy atom. The van der Waals surface area contributed by atoms with Gasteiger partial charge >= 0.3 is 6.18 Å². The van der Waals surface area contributed by atoms with Gasteiger partial charge in [0, 0.05) is 61.8 Å². The van der Waals surface area contributed by atoms with Gasteiger partial charge in [0.25, 0.3) is 0 Å². The lowest BCUT2D eigenvalue weighted by atomic mass is 9.95. The fourth-order valence-electron chi connectivity index (χ4n) is 9.94. The van der Waals surface area contributed by atoms with E-state index in [9.17, 15) is 4.39 Å². The summed E-state index contributed by atoms with van der Waals surface area (Å²) in [7, 11) is 0. The third-order valence-electron chi connectivity index (χ3n) is 13.0. The van der Waals surface area contributed by atoms with Gasteiger partial charge in [-0.1, -0.05) is 121 Å². The monoisotopic (exact) mass is 948 g/mol. The Morgan fingerprint density at radius 3 is 1.17 bits per heavy atom. The summed E-state index contributed by atoms with van der Waals surface area (Å²) in [6.07, 6.45) is -1.75. The highest BCUT2D eigenvalue weighted by molar-refractivity contribution is 6.13. The third-order valence-corrected chi connectivity index (χ3v) is 13.0. The number of alkyl halides is 3. The van der Waals surface area contributed by atoms with Crippen molar-refractivity contribution >= 4 is 43.6 Å². The number of pyridine rings is 2. The van der Waals surface area contributed by atoms with Crippen LogP contribution < -0.4 is 0 Å². The van der Waals surface area contributed by atoms with Crippen LogP contribution in [0.2, 0.25) is 0 Å². The van der Waals surface area contributed by atoms with Crippen LogP contribution in [-0.4, -0.2) is 19.1 Å². The maximum atomic E-state index is 16.8. The highest BCUT2D eigenvalue weighted by atomic mass is 19.4. The van der Waals surface area contributed by atoms with E-state index < -0.39 is 63.3 Å². The maximum Gasteiger partial charge on any atom is 0.416 e. The Kier molecular flexibility index (Phi) is 10.2. The molecule has 0 aliphatic heterocycles. The molecule has 0 spiro atoms. The zero-order chi connectivity index (χ0) is 48.7. The molecule has 0 saturated carbocycles. The third kappa shape index (κ3) is 6.96. The number of hydrogen-bond acceptors (Lipinski definition) is 2. The Hall–Kier alpha value is -8.90. The van der Waals surface area contributed by atoms with Crippen molar-refractivity contribution in [1.82, 2.24) is 19.1 Å². The van der Waals surface area contributed by atoms with E-state index in [2.05, 4.69) is 9.97 Å². The van der Waals surface area contributed by atoms with Crippen LogP contribution in [0.25, 0.3) is 111 Å². The van der Waals surface area contributed by atoms with Gasteiger partial charge in [0.05, 0.1) is 56.0 Å². The fourth-order valence-corrected chi connectivity index (χ4v) is 9.94. The van der Waals surface area contributed by atoms with E-state index in [0.29, 0.717) is 67.2 Å². The standard InChI is InChI=1S/C59H32F8N4/c60-52-51(53(61)55(63)56(64)54(52)62)50-48(70-44-21-9-7-17-40(44)42-29-35(23-25-46(42)70)38-19-11-27-68-57(38)33-13-3-1-4-14-33)31-37(59(65,66)67)32-49(50)71-45-22-10-8-18-41(45)43-30-36(24-26-47(43)71)39-20-12-28-69-58(39)34-15-5-2-6-16-34/h1-32H. The van der Waals surface area contributed by atoms with E-state index in [1.807, 2.05) is 84.9 Å². The molecule has 344 valence electrons.